The van der Waals surface area contributed by atoms with Crippen LogP contribution in [0, 0.1) is 5.82 Å². The lowest BCUT2D eigenvalue weighted by molar-refractivity contribution is -0.133. The van der Waals surface area contributed by atoms with Crippen molar-refractivity contribution in [2.75, 3.05) is 44.8 Å². The molecular weight excluding hydrogens is 433 g/mol. The van der Waals surface area contributed by atoms with Crippen molar-refractivity contribution < 1.29 is 22.3 Å². The van der Waals surface area contributed by atoms with Crippen molar-refractivity contribution in [3.05, 3.63) is 59.9 Å². The van der Waals surface area contributed by atoms with Gasteiger partial charge in [0.15, 0.2) is 0 Å². The largest absolute Gasteiger partial charge is 0.378 e. The number of para-hydroxylation sites is 1. The van der Waals surface area contributed by atoms with Crippen LogP contribution in [-0.2, 0) is 26.1 Å². The van der Waals surface area contributed by atoms with Crippen molar-refractivity contribution in [1.29, 1.82) is 0 Å². The molecule has 1 amide bonds. The molecule has 2 saturated heterocycles. The first-order valence-corrected chi connectivity index (χ1v) is 12.2. The van der Waals surface area contributed by atoms with Crippen molar-refractivity contribution in [3.8, 4) is 0 Å². The Labute approximate surface area is 188 Å². The molecule has 32 heavy (non-hydrogen) atoms. The Kier molecular flexibility index (Phi) is 6.78. The Morgan fingerprint density at radius 3 is 2.50 bits per heavy atom. The number of morpholine rings is 1. The van der Waals surface area contributed by atoms with Gasteiger partial charge in [-0.05, 0) is 48.7 Å². The first-order valence-electron chi connectivity index (χ1n) is 10.8. The highest BCUT2D eigenvalue weighted by Gasteiger charge is 2.40. The van der Waals surface area contributed by atoms with Gasteiger partial charge in [0.1, 0.15) is 11.9 Å². The van der Waals surface area contributed by atoms with Gasteiger partial charge in [0, 0.05) is 38.9 Å². The number of benzene rings is 2. The van der Waals surface area contributed by atoms with Crippen molar-refractivity contribution in [1.82, 2.24) is 9.21 Å². The number of carbonyl (C=O) groups excluding carboxylic acids is 1. The van der Waals surface area contributed by atoms with Gasteiger partial charge in [-0.2, -0.15) is 4.31 Å². The lowest BCUT2D eigenvalue weighted by Crippen LogP contribution is -2.46. The predicted octanol–water partition coefficient (Wildman–Crippen LogP) is 2.47. The molecule has 2 aliphatic rings. The molecule has 1 atom stereocenters. The Hall–Kier alpha value is -2.49. The molecule has 0 bridgehead atoms. The van der Waals surface area contributed by atoms with Crippen molar-refractivity contribution in [2.45, 2.75) is 30.3 Å². The maximum absolute atomic E-state index is 13.3. The van der Waals surface area contributed by atoms with Crippen molar-refractivity contribution in [3.63, 3.8) is 0 Å². The smallest absolute Gasteiger partial charge is 0.243 e. The first kappa shape index (κ1) is 22.7. The molecule has 4 rings (SSSR count). The van der Waals surface area contributed by atoms with Gasteiger partial charge in [-0.1, -0.05) is 18.2 Å². The summed E-state index contributed by atoms with van der Waals surface area (Å²) in [5.41, 5.74) is 2.08. The molecule has 1 unspecified atom stereocenters. The van der Waals surface area contributed by atoms with Crippen LogP contribution in [0.5, 0.6) is 0 Å². The standard InChI is InChI=1S/C23H28FN3O4S/c1-25(17-18-5-2-3-6-21(18)26-13-15-31-16-14-26)23(28)22-7-4-12-27(22)32(29,30)20-10-8-19(24)9-11-20/h2-3,5-6,8-11,22H,4,7,12-17H2,1H3. The van der Waals surface area contributed by atoms with Crippen LogP contribution in [0.15, 0.2) is 53.4 Å². The van der Waals surface area contributed by atoms with Crippen LogP contribution in [0.2, 0.25) is 0 Å². The molecule has 2 aliphatic heterocycles. The number of hydrogen-bond donors (Lipinski definition) is 0. The number of hydrogen-bond acceptors (Lipinski definition) is 5. The minimum atomic E-state index is -3.88. The number of anilines is 1. The average molecular weight is 462 g/mol. The number of amides is 1. The maximum Gasteiger partial charge on any atom is 0.243 e. The van der Waals surface area contributed by atoms with Gasteiger partial charge < -0.3 is 14.5 Å². The maximum atomic E-state index is 13.3. The molecule has 0 aliphatic carbocycles. The Bertz CT molecular complexity index is 1060. The van der Waals surface area contributed by atoms with Crippen LogP contribution in [0.4, 0.5) is 10.1 Å². The zero-order valence-electron chi connectivity index (χ0n) is 18.1. The fourth-order valence-electron chi connectivity index (χ4n) is 4.36. The molecule has 9 heteroatoms. The van der Waals surface area contributed by atoms with E-state index in [2.05, 4.69) is 4.90 Å². The van der Waals surface area contributed by atoms with E-state index < -0.39 is 21.9 Å². The molecule has 0 aromatic heterocycles. The van der Waals surface area contributed by atoms with Crippen molar-refractivity contribution >= 4 is 21.6 Å². The molecule has 2 aromatic carbocycles. The first-order chi connectivity index (χ1) is 15.4. The second kappa shape index (κ2) is 9.56. The summed E-state index contributed by atoms with van der Waals surface area (Å²) < 4.78 is 46.2. The predicted molar refractivity (Wildman–Crippen MR) is 119 cm³/mol. The Morgan fingerprint density at radius 1 is 1.09 bits per heavy atom. The monoisotopic (exact) mass is 461 g/mol. The van der Waals surface area contributed by atoms with Crippen LogP contribution in [0.1, 0.15) is 18.4 Å². The number of carbonyl (C=O) groups is 1. The third-order valence-electron chi connectivity index (χ3n) is 6.04. The molecule has 0 spiro atoms. The van der Waals surface area contributed by atoms with Crippen LogP contribution in [0.3, 0.4) is 0 Å². The van der Waals surface area contributed by atoms with Gasteiger partial charge in [-0.15, -0.1) is 0 Å². The number of sulfonamides is 1. The highest BCUT2D eigenvalue weighted by molar-refractivity contribution is 7.89. The van der Waals surface area contributed by atoms with E-state index in [1.807, 2.05) is 24.3 Å². The topological polar surface area (TPSA) is 70.2 Å². The molecular formula is C23H28FN3O4S. The van der Waals surface area contributed by atoms with Crippen LogP contribution < -0.4 is 4.90 Å². The summed E-state index contributed by atoms with van der Waals surface area (Å²) in [4.78, 5) is 17.2. The summed E-state index contributed by atoms with van der Waals surface area (Å²) in [6.07, 6.45) is 1.07. The van der Waals surface area contributed by atoms with Gasteiger partial charge in [0.25, 0.3) is 0 Å². The molecule has 2 fully saturated rings. The second-order valence-electron chi connectivity index (χ2n) is 8.15. The molecule has 0 saturated carbocycles. The van der Waals surface area contributed by atoms with Gasteiger partial charge in [0.05, 0.1) is 18.1 Å². The van der Waals surface area contributed by atoms with Crippen LogP contribution in [0.25, 0.3) is 0 Å². The highest BCUT2D eigenvalue weighted by atomic mass is 32.2. The minimum absolute atomic E-state index is 0.00100. The molecule has 172 valence electrons. The molecule has 0 radical (unpaired) electrons. The zero-order chi connectivity index (χ0) is 22.7. The van der Waals surface area contributed by atoms with E-state index in [1.165, 1.54) is 16.4 Å². The van der Waals surface area contributed by atoms with E-state index >= 15 is 0 Å². The van der Waals surface area contributed by atoms with E-state index in [4.69, 9.17) is 4.74 Å². The minimum Gasteiger partial charge on any atom is -0.378 e. The molecule has 0 N–H and O–H groups in total. The summed E-state index contributed by atoms with van der Waals surface area (Å²) in [7, 11) is -2.18. The second-order valence-corrected chi connectivity index (χ2v) is 10.0. The number of rotatable bonds is 6. The quantitative estimate of drug-likeness (QED) is 0.661. The third kappa shape index (κ3) is 4.65. The van der Waals surface area contributed by atoms with Crippen LogP contribution in [-0.4, -0.2) is 69.5 Å². The van der Waals surface area contributed by atoms with Gasteiger partial charge >= 0.3 is 0 Å². The third-order valence-corrected chi connectivity index (χ3v) is 7.96. The summed E-state index contributed by atoms with van der Waals surface area (Å²) >= 11 is 0. The van der Waals surface area contributed by atoms with E-state index in [-0.39, 0.29) is 17.3 Å². The lowest BCUT2D eigenvalue weighted by atomic mass is 10.1. The fraction of sp³-hybridized carbons (Fsp3) is 0.435. The van der Waals surface area contributed by atoms with E-state index in [1.54, 1.807) is 11.9 Å². The van der Waals surface area contributed by atoms with Crippen LogP contribution >= 0.6 is 0 Å². The SMILES string of the molecule is CN(Cc1ccccc1N1CCOCC1)C(=O)C1CCCN1S(=O)(=O)c1ccc(F)cc1. The average Bonchev–Trinajstić information content (AvgIpc) is 3.31. The Balaban J connectivity index is 1.51. The number of ether oxygens (including phenoxy) is 1. The number of halogens is 1. The molecule has 7 nitrogen and oxygen atoms in total. The highest BCUT2D eigenvalue weighted by Crippen LogP contribution is 2.29. The van der Waals surface area contributed by atoms with Gasteiger partial charge in [-0.25, -0.2) is 12.8 Å². The molecule has 2 heterocycles. The van der Waals surface area contributed by atoms with Gasteiger partial charge in [-0.3, -0.25) is 4.79 Å². The number of likely N-dealkylation sites (N-methyl/N-ethyl adjacent to an activating group) is 1. The summed E-state index contributed by atoms with van der Waals surface area (Å²) in [6.45, 7) is 3.58. The molecule has 2 aromatic rings. The van der Waals surface area contributed by atoms with E-state index in [0.29, 0.717) is 32.6 Å². The normalized spacial score (nSPS) is 19.8. The van der Waals surface area contributed by atoms with Gasteiger partial charge in [0.2, 0.25) is 15.9 Å². The van der Waals surface area contributed by atoms with E-state index in [0.717, 1.165) is 36.5 Å². The number of nitrogens with zero attached hydrogens (tertiary/aromatic N) is 3. The van der Waals surface area contributed by atoms with E-state index in [9.17, 15) is 17.6 Å². The summed E-state index contributed by atoms with van der Waals surface area (Å²) in [6, 6.07) is 11.9. The zero-order valence-corrected chi connectivity index (χ0v) is 18.9. The Morgan fingerprint density at radius 2 is 1.78 bits per heavy atom. The summed E-state index contributed by atoms with van der Waals surface area (Å²) in [5.74, 6) is -0.735. The van der Waals surface area contributed by atoms with Crippen molar-refractivity contribution in [2.24, 2.45) is 0 Å². The summed E-state index contributed by atoms with van der Waals surface area (Å²) in [5, 5.41) is 0. The lowest BCUT2D eigenvalue weighted by Gasteiger charge is -2.32. The fourth-order valence-corrected chi connectivity index (χ4v) is 6.01.